The van der Waals surface area contributed by atoms with Crippen molar-refractivity contribution < 1.29 is 14.3 Å². The number of benzene rings is 2. The minimum atomic E-state index is -0.119. The molecule has 5 nitrogen and oxygen atoms in total. The molecule has 0 radical (unpaired) electrons. The van der Waals surface area contributed by atoms with Crippen molar-refractivity contribution in [2.75, 3.05) is 26.3 Å². The molecule has 2 aromatic rings. The molecule has 0 bridgehead atoms. The van der Waals surface area contributed by atoms with Crippen LogP contribution < -0.4 is 4.74 Å². The number of carbonyl (C=O) groups excluding carboxylic acids is 1. The van der Waals surface area contributed by atoms with E-state index in [9.17, 15) is 4.79 Å². The first-order valence-corrected chi connectivity index (χ1v) is 9.18. The number of carbonyl (C=O) groups is 1. The summed E-state index contributed by atoms with van der Waals surface area (Å²) in [6, 6.07) is 17.3. The summed E-state index contributed by atoms with van der Waals surface area (Å²) < 4.78 is 12.4. The molecule has 3 rings (SSSR count). The molecule has 0 saturated carbocycles. The fourth-order valence-electron chi connectivity index (χ4n) is 2.79. The Morgan fingerprint density at radius 2 is 1.96 bits per heavy atom. The van der Waals surface area contributed by atoms with Gasteiger partial charge >= 0.3 is 0 Å². The molecule has 134 valence electrons. The monoisotopic (exact) mass is 414 g/mol. The van der Waals surface area contributed by atoms with Crippen molar-refractivity contribution in [2.45, 2.75) is 12.5 Å². The Labute approximate surface area is 161 Å². The summed E-state index contributed by atoms with van der Waals surface area (Å²) in [4.78, 5) is 14.2. The normalized spacial score (nSPS) is 16.8. The molecule has 1 unspecified atom stereocenters. The van der Waals surface area contributed by atoms with Gasteiger partial charge in [-0.1, -0.05) is 40.2 Å². The third kappa shape index (κ3) is 4.84. The first-order chi connectivity index (χ1) is 12.7. The minimum absolute atomic E-state index is 0.00927. The summed E-state index contributed by atoms with van der Waals surface area (Å²) in [5, 5.41) is 8.68. The zero-order valence-corrected chi connectivity index (χ0v) is 15.8. The van der Waals surface area contributed by atoms with Crippen molar-refractivity contribution in [3.63, 3.8) is 0 Å². The molecule has 0 aromatic heterocycles. The lowest BCUT2D eigenvalue weighted by atomic mass is 10.1. The lowest BCUT2D eigenvalue weighted by Crippen LogP contribution is -2.44. The SMILES string of the molecule is N#CCc1ccc(OCC(=O)N2CCOC(c3ccc(Br)cc3)C2)cc1. The van der Waals surface area contributed by atoms with E-state index < -0.39 is 0 Å². The van der Waals surface area contributed by atoms with Crippen molar-refractivity contribution in [3.05, 3.63) is 64.1 Å². The van der Waals surface area contributed by atoms with Gasteiger partial charge in [0.25, 0.3) is 5.91 Å². The van der Waals surface area contributed by atoms with Gasteiger partial charge in [0.2, 0.25) is 0 Å². The largest absolute Gasteiger partial charge is 0.484 e. The highest BCUT2D eigenvalue weighted by atomic mass is 79.9. The highest BCUT2D eigenvalue weighted by Crippen LogP contribution is 2.24. The number of rotatable bonds is 5. The average molecular weight is 415 g/mol. The van der Waals surface area contributed by atoms with E-state index in [0.717, 1.165) is 15.6 Å². The first-order valence-electron chi connectivity index (χ1n) is 8.39. The van der Waals surface area contributed by atoms with Gasteiger partial charge in [0, 0.05) is 11.0 Å². The Hall–Kier alpha value is -2.36. The van der Waals surface area contributed by atoms with Crippen LogP contribution in [0.15, 0.2) is 53.0 Å². The average Bonchev–Trinajstić information content (AvgIpc) is 2.68. The number of nitrogens with zero attached hydrogens (tertiary/aromatic N) is 2. The predicted molar refractivity (Wildman–Crippen MR) is 101 cm³/mol. The van der Waals surface area contributed by atoms with Gasteiger partial charge < -0.3 is 14.4 Å². The lowest BCUT2D eigenvalue weighted by molar-refractivity contribution is -0.141. The Balaban J connectivity index is 1.54. The number of hydrogen-bond acceptors (Lipinski definition) is 4. The van der Waals surface area contributed by atoms with Crippen LogP contribution in [0.5, 0.6) is 5.75 Å². The number of ether oxygens (including phenoxy) is 2. The maximum absolute atomic E-state index is 12.5. The third-order valence-electron chi connectivity index (χ3n) is 4.23. The molecule has 0 spiro atoms. The van der Waals surface area contributed by atoms with E-state index >= 15 is 0 Å². The lowest BCUT2D eigenvalue weighted by Gasteiger charge is -2.33. The molecule has 0 N–H and O–H groups in total. The third-order valence-corrected chi connectivity index (χ3v) is 4.76. The van der Waals surface area contributed by atoms with Gasteiger partial charge in [0.1, 0.15) is 11.9 Å². The molecule has 6 heteroatoms. The van der Waals surface area contributed by atoms with Crippen LogP contribution in [-0.4, -0.2) is 37.1 Å². The van der Waals surface area contributed by atoms with Crippen LogP contribution in [0.25, 0.3) is 0 Å². The van der Waals surface area contributed by atoms with E-state index in [4.69, 9.17) is 14.7 Å². The van der Waals surface area contributed by atoms with Crippen molar-refractivity contribution in [1.82, 2.24) is 4.90 Å². The number of halogens is 1. The minimum Gasteiger partial charge on any atom is -0.484 e. The topological polar surface area (TPSA) is 62.6 Å². The van der Waals surface area contributed by atoms with Crippen molar-refractivity contribution in [2.24, 2.45) is 0 Å². The van der Waals surface area contributed by atoms with Gasteiger partial charge in [-0.3, -0.25) is 4.79 Å². The van der Waals surface area contributed by atoms with E-state index in [1.165, 1.54) is 0 Å². The maximum Gasteiger partial charge on any atom is 0.260 e. The van der Waals surface area contributed by atoms with E-state index in [-0.39, 0.29) is 18.6 Å². The molecule has 1 atom stereocenters. The van der Waals surface area contributed by atoms with Crippen LogP contribution >= 0.6 is 15.9 Å². The van der Waals surface area contributed by atoms with Crippen LogP contribution in [-0.2, 0) is 16.0 Å². The number of nitriles is 1. The molecule has 1 heterocycles. The van der Waals surface area contributed by atoms with Crippen LogP contribution in [0.3, 0.4) is 0 Å². The summed E-state index contributed by atoms with van der Waals surface area (Å²) in [6.45, 7) is 1.58. The van der Waals surface area contributed by atoms with Crippen LogP contribution in [0.2, 0.25) is 0 Å². The Morgan fingerprint density at radius 1 is 1.23 bits per heavy atom. The number of amides is 1. The van der Waals surface area contributed by atoms with E-state index in [0.29, 0.717) is 31.9 Å². The van der Waals surface area contributed by atoms with E-state index in [1.54, 1.807) is 17.0 Å². The highest BCUT2D eigenvalue weighted by molar-refractivity contribution is 9.10. The zero-order valence-electron chi connectivity index (χ0n) is 14.2. The maximum atomic E-state index is 12.5. The molecule has 1 amide bonds. The summed E-state index contributed by atoms with van der Waals surface area (Å²) >= 11 is 3.42. The Kier molecular flexibility index (Phi) is 6.26. The second-order valence-electron chi connectivity index (χ2n) is 6.02. The fraction of sp³-hybridized carbons (Fsp3) is 0.300. The van der Waals surface area contributed by atoms with Crippen molar-refractivity contribution >= 4 is 21.8 Å². The standard InChI is InChI=1S/C20H19BrN2O3/c21-17-5-3-16(4-6-17)19-13-23(11-12-25-19)20(24)14-26-18-7-1-15(2-8-18)9-10-22/h1-8,19H,9,11-14H2. The summed E-state index contributed by atoms with van der Waals surface area (Å²) in [5.41, 5.74) is 1.98. The van der Waals surface area contributed by atoms with Crippen molar-refractivity contribution in [1.29, 1.82) is 5.26 Å². The zero-order chi connectivity index (χ0) is 18.4. The second kappa shape index (κ2) is 8.84. The quantitative estimate of drug-likeness (QED) is 0.750. The van der Waals surface area contributed by atoms with E-state index in [2.05, 4.69) is 22.0 Å². The molecule has 0 aliphatic carbocycles. The molecule has 2 aromatic carbocycles. The first kappa shape index (κ1) is 18.4. The molecule has 1 aliphatic heterocycles. The van der Waals surface area contributed by atoms with Gasteiger partial charge in [-0.05, 0) is 35.4 Å². The molecule has 1 fully saturated rings. The molecule has 1 saturated heterocycles. The van der Waals surface area contributed by atoms with Crippen LogP contribution in [0.1, 0.15) is 17.2 Å². The molecular weight excluding hydrogens is 396 g/mol. The summed E-state index contributed by atoms with van der Waals surface area (Å²) in [7, 11) is 0. The predicted octanol–water partition coefficient (Wildman–Crippen LogP) is 3.49. The number of hydrogen-bond donors (Lipinski definition) is 0. The Bertz CT molecular complexity index is 784. The van der Waals surface area contributed by atoms with Crippen LogP contribution in [0.4, 0.5) is 0 Å². The smallest absolute Gasteiger partial charge is 0.260 e. The van der Waals surface area contributed by atoms with Gasteiger partial charge in [0.05, 0.1) is 25.6 Å². The van der Waals surface area contributed by atoms with Crippen molar-refractivity contribution in [3.8, 4) is 11.8 Å². The second-order valence-corrected chi connectivity index (χ2v) is 6.93. The van der Waals surface area contributed by atoms with Gasteiger partial charge in [-0.25, -0.2) is 0 Å². The van der Waals surface area contributed by atoms with E-state index in [1.807, 2.05) is 36.4 Å². The fourth-order valence-corrected chi connectivity index (χ4v) is 3.05. The van der Waals surface area contributed by atoms with Gasteiger partial charge in [-0.15, -0.1) is 0 Å². The molecular formula is C20H19BrN2O3. The summed E-state index contributed by atoms with van der Waals surface area (Å²) in [5.74, 6) is 0.564. The summed E-state index contributed by atoms with van der Waals surface area (Å²) in [6.07, 6.45) is 0.246. The number of morpholine rings is 1. The molecule has 1 aliphatic rings. The Morgan fingerprint density at radius 3 is 2.65 bits per heavy atom. The van der Waals surface area contributed by atoms with Crippen LogP contribution in [0, 0.1) is 11.3 Å². The highest BCUT2D eigenvalue weighted by Gasteiger charge is 2.25. The molecule has 26 heavy (non-hydrogen) atoms. The van der Waals surface area contributed by atoms with Gasteiger partial charge in [-0.2, -0.15) is 5.26 Å². The van der Waals surface area contributed by atoms with Gasteiger partial charge in [0.15, 0.2) is 6.61 Å².